The lowest BCUT2D eigenvalue weighted by Gasteiger charge is -2.25. The quantitative estimate of drug-likeness (QED) is 0.383. The molecule has 1 heterocycles. The van der Waals surface area contributed by atoms with Gasteiger partial charge < -0.3 is 15.5 Å². The van der Waals surface area contributed by atoms with Crippen LogP contribution >= 0.6 is 24.0 Å². The summed E-state index contributed by atoms with van der Waals surface area (Å²) in [5.74, 6) is 0.672. The molecule has 1 aromatic rings. The molecule has 0 aromatic heterocycles. The summed E-state index contributed by atoms with van der Waals surface area (Å²) < 4.78 is 13.2. The molecule has 2 N–H and O–H groups in total. The van der Waals surface area contributed by atoms with Gasteiger partial charge in [-0.15, -0.1) is 24.0 Å². The SMILES string of the molecule is CCNC(=NCCN1CCCCC1)NCCc1cccc(F)c1.I. The highest BCUT2D eigenvalue weighted by Gasteiger charge is 2.08. The van der Waals surface area contributed by atoms with E-state index in [0.29, 0.717) is 0 Å². The fraction of sp³-hybridized carbons (Fsp3) is 0.611. The van der Waals surface area contributed by atoms with Crippen molar-refractivity contribution < 1.29 is 4.39 Å². The predicted octanol–water partition coefficient (Wildman–Crippen LogP) is 3.03. The van der Waals surface area contributed by atoms with E-state index in [0.717, 1.165) is 44.1 Å². The number of rotatable bonds is 7. The third kappa shape index (κ3) is 8.28. The van der Waals surface area contributed by atoms with Crippen molar-refractivity contribution in [3.8, 4) is 0 Å². The molecule has 1 aliphatic rings. The Balaban J connectivity index is 0.00000288. The van der Waals surface area contributed by atoms with Crippen LogP contribution in [0.2, 0.25) is 0 Å². The minimum Gasteiger partial charge on any atom is -0.357 e. The van der Waals surface area contributed by atoms with Gasteiger partial charge in [0.25, 0.3) is 0 Å². The third-order valence-electron chi connectivity index (χ3n) is 4.07. The zero-order chi connectivity index (χ0) is 16.3. The molecule has 0 aliphatic carbocycles. The highest BCUT2D eigenvalue weighted by molar-refractivity contribution is 14.0. The van der Waals surface area contributed by atoms with Crippen LogP contribution in [0.4, 0.5) is 4.39 Å². The topological polar surface area (TPSA) is 39.7 Å². The van der Waals surface area contributed by atoms with Gasteiger partial charge >= 0.3 is 0 Å². The molecule has 2 rings (SSSR count). The van der Waals surface area contributed by atoms with Crippen molar-refractivity contribution in [2.75, 3.05) is 39.3 Å². The first-order valence-electron chi connectivity index (χ1n) is 8.77. The second kappa shape index (κ2) is 12.5. The Bertz CT molecular complexity index is 490. The Kier molecular flexibility index (Phi) is 11.0. The van der Waals surface area contributed by atoms with Crippen LogP contribution in [0.25, 0.3) is 0 Å². The number of hydrogen-bond donors (Lipinski definition) is 2. The summed E-state index contributed by atoms with van der Waals surface area (Å²) in [6, 6.07) is 6.76. The molecule has 0 atom stereocenters. The minimum absolute atomic E-state index is 0. The van der Waals surface area contributed by atoms with Gasteiger partial charge in [-0.25, -0.2) is 4.39 Å². The zero-order valence-electron chi connectivity index (χ0n) is 14.6. The Labute approximate surface area is 162 Å². The van der Waals surface area contributed by atoms with Crippen LogP contribution in [-0.4, -0.2) is 50.1 Å². The fourth-order valence-corrected chi connectivity index (χ4v) is 2.85. The van der Waals surface area contributed by atoms with E-state index in [2.05, 4.69) is 27.4 Å². The van der Waals surface area contributed by atoms with E-state index in [1.165, 1.54) is 38.4 Å². The molecule has 0 spiro atoms. The normalized spacial score (nSPS) is 15.7. The molecular weight excluding hydrogens is 418 g/mol. The minimum atomic E-state index is -0.176. The molecule has 0 bridgehead atoms. The van der Waals surface area contributed by atoms with Crippen LogP contribution in [0.1, 0.15) is 31.7 Å². The Hall–Kier alpha value is -0.890. The average molecular weight is 448 g/mol. The van der Waals surface area contributed by atoms with Crippen LogP contribution in [0.3, 0.4) is 0 Å². The number of aliphatic imine (C=N–C) groups is 1. The van der Waals surface area contributed by atoms with Gasteiger partial charge in [0.2, 0.25) is 0 Å². The van der Waals surface area contributed by atoms with Crippen molar-refractivity contribution in [2.45, 2.75) is 32.6 Å². The maximum Gasteiger partial charge on any atom is 0.191 e. The number of nitrogens with one attached hydrogen (secondary N) is 2. The Morgan fingerprint density at radius 2 is 2.00 bits per heavy atom. The first-order valence-corrected chi connectivity index (χ1v) is 8.77. The molecular formula is C18H30FIN4. The van der Waals surface area contributed by atoms with Crippen molar-refractivity contribution in [3.63, 3.8) is 0 Å². The molecule has 4 nitrogen and oxygen atoms in total. The first-order chi connectivity index (χ1) is 11.3. The molecule has 24 heavy (non-hydrogen) atoms. The third-order valence-corrected chi connectivity index (χ3v) is 4.07. The maximum atomic E-state index is 13.2. The standard InChI is InChI=1S/C18H29FN4.HI/c1-2-20-18(22-11-14-23-12-4-3-5-13-23)21-10-9-16-7-6-8-17(19)15-16;/h6-8,15H,2-5,9-14H2,1H3,(H2,20,21,22);1H. The number of piperidine rings is 1. The van der Waals surface area contributed by atoms with Crippen LogP contribution in [0, 0.1) is 5.82 Å². The Morgan fingerprint density at radius 1 is 1.21 bits per heavy atom. The van der Waals surface area contributed by atoms with Crippen LogP contribution in [0.5, 0.6) is 0 Å². The first kappa shape index (κ1) is 21.2. The Morgan fingerprint density at radius 3 is 2.71 bits per heavy atom. The smallest absolute Gasteiger partial charge is 0.191 e. The van der Waals surface area contributed by atoms with Crippen LogP contribution < -0.4 is 10.6 Å². The van der Waals surface area contributed by atoms with Crippen LogP contribution in [-0.2, 0) is 6.42 Å². The lowest BCUT2D eigenvalue weighted by molar-refractivity contribution is 0.235. The van der Waals surface area contributed by atoms with E-state index in [-0.39, 0.29) is 29.8 Å². The van der Waals surface area contributed by atoms with Gasteiger partial charge in [0.15, 0.2) is 5.96 Å². The zero-order valence-corrected chi connectivity index (χ0v) is 16.9. The van der Waals surface area contributed by atoms with Crippen molar-refractivity contribution in [3.05, 3.63) is 35.6 Å². The number of likely N-dealkylation sites (tertiary alicyclic amines) is 1. The summed E-state index contributed by atoms with van der Waals surface area (Å²) in [5, 5.41) is 6.59. The summed E-state index contributed by atoms with van der Waals surface area (Å²) in [6.07, 6.45) is 4.78. The predicted molar refractivity (Wildman–Crippen MR) is 110 cm³/mol. The second-order valence-electron chi connectivity index (χ2n) is 5.97. The fourth-order valence-electron chi connectivity index (χ4n) is 2.85. The van der Waals surface area contributed by atoms with Gasteiger partial charge in [0.05, 0.1) is 6.54 Å². The van der Waals surface area contributed by atoms with E-state index in [9.17, 15) is 4.39 Å². The number of guanidine groups is 1. The highest BCUT2D eigenvalue weighted by Crippen LogP contribution is 2.07. The van der Waals surface area contributed by atoms with Crippen molar-refractivity contribution in [1.82, 2.24) is 15.5 Å². The molecule has 0 unspecified atom stereocenters. The lowest BCUT2D eigenvalue weighted by Crippen LogP contribution is -2.39. The molecule has 0 amide bonds. The summed E-state index contributed by atoms with van der Waals surface area (Å²) in [4.78, 5) is 7.12. The lowest BCUT2D eigenvalue weighted by atomic mass is 10.1. The molecule has 136 valence electrons. The molecule has 1 aliphatic heterocycles. The summed E-state index contributed by atoms with van der Waals surface area (Å²) in [5.41, 5.74) is 1.00. The molecule has 1 saturated heterocycles. The van der Waals surface area contributed by atoms with Crippen molar-refractivity contribution >= 4 is 29.9 Å². The van der Waals surface area contributed by atoms with E-state index >= 15 is 0 Å². The second-order valence-corrected chi connectivity index (χ2v) is 5.97. The summed E-state index contributed by atoms with van der Waals surface area (Å²) in [7, 11) is 0. The van der Waals surface area contributed by atoms with Gasteiger partial charge in [0, 0.05) is 19.6 Å². The van der Waals surface area contributed by atoms with E-state index < -0.39 is 0 Å². The van der Waals surface area contributed by atoms with Gasteiger partial charge in [-0.3, -0.25) is 4.99 Å². The number of benzene rings is 1. The van der Waals surface area contributed by atoms with E-state index in [4.69, 9.17) is 0 Å². The molecule has 0 radical (unpaired) electrons. The summed E-state index contributed by atoms with van der Waals surface area (Å²) in [6.45, 7) is 7.91. The molecule has 0 saturated carbocycles. The molecule has 1 fully saturated rings. The van der Waals surface area contributed by atoms with Gasteiger partial charge in [-0.1, -0.05) is 18.6 Å². The number of hydrogen-bond acceptors (Lipinski definition) is 2. The van der Waals surface area contributed by atoms with Gasteiger partial charge in [-0.2, -0.15) is 0 Å². The van der Waals surface area contributed by atoms with Crippen LogP contribution in [0.15, 0.2) is 29.3 Å². The van der Waals surface area contributed by atoms with Crippen molar-refractivity contribution in [2.24, 2.45) is 4.99 Å². The summed E-state index contributed by atoms with van der Waals surface area (Å²) >= 11 is 0. The van der Waals surface area contributed by atoms with Gasteiger partial charge in [0.1, 0.15) is 5.82 Å². The van der Waals surface area contributed by atoms with Crippen molar-refractivity contribution in [1.29, 1.82) is 0 Å². The largest absolute Gasteiger partial charge is 0.357 e. The highest BCUT2D eigenvalue weighted by atomic mass is 127. The molecule has 6 heteroatoms. The maximum absolute atomic E-state index is 13.2. The van der Waals surface area contributed by atoms with Gasteiger partial charge in [-0.05, 0) is 57.0 Å². The molecule has 1 aromatic carbocycles. The monoisotopic (exact) mass is 448 g/mol. The van der Waals surface area contributed by atoms with E-state index in [1.807, 2.05) is 6.07 Å². The number of halogens is 2. The van der Waals surface area contributed by atoms with E-state index in [1.54, 1.807) is 12.1 Å². The number of nitrogens with zero attached hydrogens (tertiary/aromatic N) is 2. The average Bonchev–Trinajstić information content (AvgIpc) is 2.56.